The second-order valence-corrected chi connectivity index (χ2v) is 11.0. The zero-order valence-electron chi connectivity index (χ0n) is 22.7. The molecule has 0 bridgehead atoms. The lowest BCUT2D eigenvalue weighted by molar-refractivity contribution is -0.118. The zero-order valence-corrected chi connectivity index (χ0v) is 23.5. The van der Waals surface area contributed by atoms with Crippen molar-refractivity contribution in [3.63, 3.8) is 0 Å². The largest absolute Gasteiger partial charge is 0.495 e. The lowest BCUT2D eigenvalue weighted by atomic mass is 10.0. The first-order chi connectivity index (χ1) is 18.8. The van der Waals surface area contributed by atoms with Crippen LogP contribution < -0.4 is 25.2 Å². The van der Waals surface area contributed by atoms with Crippen molar-refractivity contribution < 1.29 is 14.3 Å². The summed E-state index contributed by atoms with van der Waals surface area (Å²) in [7, 11) is 5.40. The Hall–Kier alpha value is -3.77. The van der Waals surface area contributed by atoms with Crippen molar-refractivity contribution in [3.05, 3.63) is 46.0 Å². The molecule has 5 rings (SSSR count). The lowest BCUT2D eigenvalue weighted by Crippen LogP contribution is -2.43. The van der Waals surface area contributed by atoms with Crippen LogP contribution in [0.2, 0.25) is 0 Å². The van der Waals surface area contributed by atoms with Gasteiger partial charge in [0.2, 0.25) is 11.9 Å². The Morgan fingerprint density at radius 2 is 1.97 bits per heavy atom. The van der Waals surface area contributed by atoms with Gasteiger partial charge < -0.3 is 30.1 Å². The van der Waals surface area contributed by atoms with E-state index in [-0.39, 0.29) is 17.9 Å². The fraction of sp³-hybridized carbons (Fsp3) is 0.444. The molecule has 0 unspecified atom stereocenters. The molecule has 1 fully saturated rings. The number of nitrogens with one attached hydrogen (secondary N) is 2. The first kappa shape index (κ1) is 26.8. The molecule has 1 saturated heterocycles. The Balaban J connectivity index is 1.36. The molecule has 39 heavy (non-hydrogen) atoms. The van der Waals surface area contributed by atoms with E-state index in [0.717, 1.165) is 36.6 Å². The quantitative estimate of drug-likeness (QED) is 0.458. The number of amides is 2. The lowest BCUT2D eigenvalue weighted by Gasteiger charge is -2.29. The normalized spacial score (nSPS) is 16.6. The summed E-state index contributed by atoms with van der Waals surface area (Å²) in [6, 6.07) is 5.45. The van der Waals surface area contributed by atoms with E-state index in [1.165, 1.54) is 0 Å². The maximum absolute atomic E-state index is 12.9. The predicted molar refractivity (Wildman–Crippen MR) is 152 cm³/mol. The number of thiazole rings is 1. The first-order valence-electron chi connectivity index (χ1n) is 13.0. The predicted octanol–water partition coefficient (Wildman–Crippen LogP) is 3.19. The van der Waals surface area contributed by atoms with Crippen molar-refractivity contribution in [1.29, 1.82) is 0 Å². The van der Waals surface area contributed by atoms with Gasteiger partial charge in [-0.05, 0) is 58.1 Å². The van der Waals surface area contributed by atoms with Gasteiger partial charge in [-0.1, -0.05) is 0 Å². The van der Waals surface area contributed by atoms with Crippen molar-refractivity contribution >= 4 is 46.3 Å². The van der Waals surface area contributed by atoms with Crippen LogP contribution in [0.25, 0.3) is 0 Å². The molecule has 2 amide bonds. The summed E-state index contributed by atoms with van der Waals surface area (Å²) < 4.78 is 5.60. The number of ether oxygens (including phenoxy) is 1. The molecule has 0 spiro atoms. The Labute approximate surface area is 232 Å². The summed E-state index contributed by atoms with van der Waals surface area (Å²) in [6.07, 6.45) is 3.90. The number of rotatable bonds is 7. The number of aryl methyl sites for hydroxylation is 1. The van der Waals surface area contributed by atoms with Crippen LogP contribution in [0.1, 0.15) is 40.3 Å². The molecule has 3 aromatic rings. The monoisotopic (exact) mass is 550 g/mol. The number of piperidine rings is 1. The highest BCUT2D eigenvalue weighted by atomic mass is 32.1. The van der Waals surface area contributed by atoms with Gasteiger partial charge in [0.25, 0.3) is 5.91 Å². The number of carbonyl (C=O) groups is 2. The van der Waals surface area contributed by atoms with Gasteiger partial charge in [0.1, 0.15) is 11.4 Å². The molecular weight excluding hydrogens is 516 g/mol. The maximum Gasteiger partial charge on any atom is 0.251 e. The Morgan fingerprint density at radius 1 is 1.18 bits per heavy atom. The summed E-state index contributed by atoms with van der Waals surface area (Å²) in [5.74, 6) is 1.41. The molecule has 4 heterocycles. The van der Waals surface area contributed by atoms with Gasteiger partial charge >= 0.3 is 0 Å². The van der Waals surface area contributed by atoms with Gasteiger partial charge in [-0.15, -0.1) is 11.3 Å². The highest BCUT2D eigenvalue weighted by Crippen LogP contribution is 2.34. The minimum Gasteiger partial charge on any atom is -0.495 e. The number of benzene rings is 1. The van der Waals surface area contributed by atoms with Crippen LogP contribution in [0, 0.1) is 6.92 Å². The van der Waals surface area contributed by atoms with Gasteiger partial charge in [-0.3, -0.25) is 9.59 Å². The summed E-state index contributed by atoms with van der Waals surface area (Å²) in [6.45, 7) is 4.99. The fourth-order valence-electron chi connectivity index (χ4n) is 4.84. The van der Waals surface area contributed by atoms with E-state index in [9.17, 15) is 9.59 Å². The molecule has 2 aliphatic heterocycles. The molecule has 0 atom stereocenters. The van der Waals surface area contributed by atoms with Gasteiger partial charge in [0.05, 0.1) is 36.2 Å². The van der Waals surface area contributed by atoms with Gasteiger partial charge in [-0.2, -0.15) is 4.98 Å². The first-order valence-corrected chi connectivity index (χ1v) is 13.9. The van der Waals surface area contributed by atoms with E-state index in [2.05, 4.69) is 37.4 Å². The van der Waals surface area contributed by atoms with Crippen LogP contribution in [0.5, 0.6) is 5.75 Å². The molecule has 2 aromatic heterocycles. The van der Waals surface area contributed by atoms with Crippen LogP contribution >= 0.6 is 11.3 Å². The number of nitrogens with zero attached hydrogens (tertiary/aromatic N) is 6. The highest BCUT2D eigenvalue weighted by molar-refractivity contribution is 7.09. The van der Waals surface area contributed by atoms with E-state index in [4.69, 9.17) is 9.72 Å². The second-order valence-electron chi connectivity index (χ2n) is 9.98. The number of hydrogen-bond acceptors (Lipinski definition) is 10. The number of methoxy groups -OCH3 is 1. The molecular formula is C27H34N8O3S. The van der Waals surface area contributed by atoms with Crippen LogP contribution in [-0.2, 0) is 11.3 Å². The van der Waals surface area contributed by atoms with Crippen molar-refractivity contribution in [3.8, 4) is 5.75 Å². The third-order valence-corrected chi connectivity index (χ3v) is 7.99. The van der Waals surface area contributed by atoms with Crippen molar-refractivity contribution in [2.24, 2.45) is 0 Å². The van der Waals surface area contributed by atoms with Crippen LogP contribution in [0.3, 0.4) is 0 Å². The molecule has 0 saturated carbocycles. The second kappa shape index (κ2) is 11.5. The molecule has 2 N–H and O–H groups in total. The number of anilines is 4. The van der Waals surface area contributed by atoms with E-state index in [1.54, 1.807) is 54.8 Å². The topological polar surface area (TPSA) is 116 Å². The third-order valence-electron chi connectivity index (χ3n) is 7.16. The fourth-order valence-corrected chi connectivity index (χ4v) is 5.45. The van der Waals surface area contributed by atoms with Crippen molar-refractivity contribution in [1.82, 2.24) is 25.2 Å². The average molecular weight is 551 g/mol. The van der Waals surface area contributed by atoms with Gasteiger partial charge in [0, 0.05) is 37.0 Å². The van der Waals surface area contributed by atoms with E-state index < -0.39 is 0 Å². The third kappa shape index (κ3) is 6.12. The number of carbonyl (C=O) groups excluding carboxylic acids is 2. The van der Waals surface area contributed by atoms with Crippen molar-refractivity contribution in [2.45, 2.75) is 38.8 Å². The summed E-state index contributed by atoms with van der Waals surface area (Å²) in [4.78, 5) is 45.3. The summed E-state index contributed by atoms with van der Waals surface area (Å²) >= 11 is 1.60. The van der Waals surface area contributed by atoms with Crippen LogP contribution in [-0.4, -0.2) is 78.5 Å². The number of aromatic nitrogens is 3. The van der Waals surface area contributed by atoms with Gasteiger partial charge in [-0.25, -0.2) is 9.97 Å². The maximum atomic E-state index is 12.9. The standard InChI is InChI=1S/C27H34N8O3S/c1-17-29-20(16-39-17)15-35-12-9-24(36)34(3)22-14-28-27(32-25(22)35)31-21-6-5-18(13-23(21)38-4)26(37)30-19-7-10-33(2)11-8-19/h5-6,13-14,16,19H,7-12,15H2,1-4H3,(H,30,37)(H,28,31,32). The molecule has 206 valence electrons. The van der Waals surface area contributed by atoms with Crippen molar-refractivity contribution in [2.75, 3.05) is 56.0 Å². The molecule has 0 aliphatic carbocycles. The Bertz CT molecular complexity index is 1350. The molecule has 0 radical (unpaired) electrons. The molecule has 12 heteroatoms. The minimum absolute atomic E-state index is 0.00768. The summed E-state index contributed by atoms with van der Waals surface area (Å²) in [5, 5.41) is 9.40. The number of fused-ring (bicyclic) bond motifs is 1. The van der Waals surface area contributed by atoms with E-state index >= 15 is 0 Å². The van der Waals surface area contributed by atoms with Crippen LogP contribution in [0.15, 0.2) is 29.8 Å². The average Bonchev–Trinajstić information content (AvgIpc) is 3.31. The smallest absolute Gasteiger partial charge is 0.251 e. The van der Waals surface area contributed by atoms with Crippen LogP contribution in [0.4, 0.5) is 23.1 Å². The van der Waals surface area contributed by atoms with E-state index in [1.807, 2.05) is 12.3 Å². The molecule has 1 aromatic carbocycles. The van der Waals surface area contributed by atoms with Gasteiger partial charge in [0.15, 0.2) is 5.82 Å². The SMILES string of the molecule is COc1cc(C(=O)NC2CCN(C)CC2)ccc1Nc1ncc2c(n1)N(Cc1csc(C)n1)CCC(=O)N2C. The summed E-state index contributed by atoms with van der Waals surface area (Å²) in [5.41, 5.74) is 2.74. The number of hydrogen-bond donors (Lipinski definition) is 2. The Morgan fingerprint density at radius 3 is 2.69 bits per heavy atom. The number of likely N-dealkylation sites (tertiary alicyclic amines) is 1. The molecule has 11 nitrogen and oxygen atoms in total. The minimum atomic E-state index is -0.115. The molecule has 2 aliphatic rings. The highest BCUT2D eigenvalue weighted by Gasteiger charge is 2.27. The van der Waals surface area contributed by atoms with E-state index in [0.29, 0.717) is 54.0 Å². The zero-order chi connectivity index (χ0) is 27.5. The Kier molecular flexibility index (Phi) is 7.94.